The van der Waals surface area contributed by atoms with Crippen molar-refractivity contribution in [3.63, 3.8) is 0 Å². The van der Waals surface area contributed by atoms with Crippen LogP contribution >= 0.6 is 11.3 Å². The molecular weight excluding hydrogens is 246 g/mol. The Morgan fingerprint density at radius 3 is 3.17 bits per heavy atom. The Balaban J connectivity index is 1.84. The van der Waals surface area contributed by atoms with Crippen LogP contribution in [0.1, 0.15) is 17.3 Å². The van der Waals surface area contributed by atoms with Gasteiger partial charge in [-0.2, -0.15) is 0 Å². The number of hydrazine groups is 1. The number of nitrogens with zero attached hydrogens (tertiary/aromatic N) is 3. The number of nitrogens with one attached hydrogen (secondary N) is 1. The fourth-order valence-corrected chi connectivity index (χ4v) is 2.66. The standard InChI is InChI=1S/C12H13N5S/c13-16-11(9-2-1-3-14-7-9)6-10-8-17-4-5-18-12(17)15-10/h1-5,7-8,11,16H,6,13H2. The molecule has 3 heterocycles. The average molecular weight is 259 g/mol. The summed E-state index contributed by atoms with van der Waals surface area (Å²) in [5.41, 5.74) is 4.91. The summed E-state index contributed by atoms with van der Waals surface area (Å²) < 4.78 is 2.02. The van der Waals surface area contributed by atoms with E-state index in [0.29, 0.717) is 0 Å². The minimum Gasteiger partial charge on any atom is -0.297 e. The van der Waals surface area contributed by atoms with Gasteiger partial charge in [0, 0.05) is 36.6 Å². The van der Waals surface area contributed by atoms with Gasteiger partial charge in [-0.15, -0.1) is 11.3 Å². The van der Waals surface area contributed by atoms with Gasteiger partial charge in [0.05, 0.1) is 11.7 Å². The van der Waals surface area contributed by atoms with Gasteiger partial charge in [-0.05, 0) is 11.6 Å². The fraction of sp³-hybridized carbons (Fsp3) is 0.167. The van der Waals surface area contributed by atoms with Gasteiger partial charge in [-0.3, -0.25) is 20.7 Å². The maximum absolute atomic E-state index is 5.61. The van der Waals surface area contributed by atoms with Crippen LogP contribution in [0, 0.1) is 0 Å². The number of thiazole rings is 1. The number of rotatable bonds is 4. The molecule has 18 heavy (non-hydrogen) atoms. The van der Waals surface area contributed by atoms with Crippen molar-refractivity contribution in [1.29, 1.82) is 0 Å². The lowest BCUT2D eigenvalue weighted by atomic mass is 10.1. The van der Waals surface area contributed by atoms with Crippen LogP contribution in [0.4, 0.5) is 0 Å². The molecule has 0 aliphatic carbocycles. The van der Waals surface area contributed by atoms with Crippen LogP contribution in [0.3, 0.4) is 0 Å². The zero-order chi connectivity index (χ0) is 12.4. The third-order valence-electron chi connectivity index (χ3n) is 2.84. The number of aromatic nitrogens is 3. The van der Waals surface area contributed by atoms with E-state index in [1.54, 1.807) is 17.5 Å². The monoisotopic (exact) mass is 259 g/mol. The molecule has 6 heteroatoms. The molecule has 92 valence electrons. The van der Waals surface area contributed by atoms with Gasteiger partial charge in [0.1, 0.15) is 0 Å². The molecule has 0 fully saturated rings. The predicted octanol–water partition coefficient (Wildman–Crippen LogP) is 1.54. The van der Waals surface area contributed by atoms with E-state index < -0.39 is 0 Å². The number of pyridine rings is 1. The van der Waals surface area contributed by atoms with Gasteiger partial charge < -0.3 is 0 Å². The summed E-state index contributed by atoms with van der Waals surface area (Å²) in [4.78, 5) is 9.67. The van der Waals surface area contributed by atoms with Crippen molar-refractivity contribution in [3.8, 4) is 0 Å². The van der Waals surface area contributed by atoms with Crippen molar-refractivity contribution in [1.82, 2.24) is 19.8 Å². The van der Waals surface area contributed by atoms with Crippen LogP contribution in [0.15, 0.2) is 42.3 Å². The van der Waals surface area contributed by atoms with Crippen molar-refractivity contribution in [2.24, 2.45) is 5.84 Å². The molecule has 0 radical (unpaired) electrons. The number of imidazole rings is 1. The fourth-order valence-electron chi connectivity index (χ4n) is 1.94. The molecular formula is C12H13N5S. The van der Waals surface area contributed by atoms with E-state index in [9.17, 15) is 0 Å². The number of hydrogen-bond donors (Lipinski definition) is 2. The summed E-state index contributed by atoms with van der Waals surface area (Å²) in [6.45, 7) is 0. The second-order valence-electron chi connectivity index (χ2n) is 4.03. The van der Waals surface area contributed by atoms with Crippen molar-refractivity contribution in [2.75, 3.05) is 0 Å². The third kappa shape index (κ3) is 2.13. The molecule has 0 saturated heterocycles. The Bertz CT molecular complexity index is 602. The molecule has 3 aromatic rings. The van der Waals surface area contributed by atoms with E-state index >= 15 is 0 Å². The van der Waals surface area contributed by atoms with Gasteiger partial charge >= 0.3 is 0 Å². The van der Waals surface area contributed by atoms with Crippen molar-refractivity contribution >= 4 is 16.3 Å². The second-order valence-corrected chi connectivity index (χ2v) is 4.91. The molecule has 0 bridgehead atoms. The predicted molar refractivity (Wildman–Crippen MR) is 71.1 cm³/mol. The average Bonchev–Trinajstić information content (AvgIpc) is 2.97. The molecule has 0 amide bonds. The molecule has 3 aromatic heterocycles. The minimum atomic E-state index is 0.0308. The Labute approximate surface area is 108 Å². The van der Waals surface area contributed by atoms with Crippen LogP contribution < -0.4 is 11.3 Å². The highest BCUT2D eigenvalue weighted by atomic mass is 32.1. The van der Waals surface area contributed by atoms with Crippen LogP contribution in [0.5, 0.6) is 0 Å². The summed E-state index contributed by atoms with van der Waals surface area (Å²) in [7, 11) is 0. The molecule has 3 N–H and O–H groups in total. The summed E-state index contributed by atoms with van der Waals surface area (Å²) in [6.07, 6.45) is 8.36. The SMILES string of the molecule is NNC(Cc1cn2ccsc2n1)c1cccnc1. The number of nitrogens with two attached hydrogens (primary N) is 1. The summed E-state index contributed by atoms with van der Waals surface area (Å²) in [6, 6.07) is 3.95. The Morgan fingerprint density at radius 2 is 2.44 bits per heavy atom. The van der Waals surface area contributed by atoms with Gasteiger partial charge in [-0.25, -0.2) is 4.98 Å². The second kappa shape index (κ2) is 4.85. The van der Waals surface area contributed by atoms with Gasteiger partial charge in [0.2, 0.25) is 0 Å². The van der Waals surface area contributed by atoms with Gasteiger partial charge in [0.25, 0.3) is 0 Å². The topological polar surface area (TPSA) is 68.2 Å². The van der Waals surface area contributed by atoms with Crippen LogP contribution in [0.25, 0.3) is 4.96 Å². The molecule has 5 nitrogen and oxygen atoms in total. The highest BCUT2D eigenvalue weighted by Crippen LogP contribution is 2.18. The first-order valence-corrected chi connectivity index (χ1v) is 6.52. The molecule has 0 spiro atoms. The first-order chi connectivity index (χ1) is 8.86. The number of fused-ring (bicyclic) bond motifs is 1. The molecule has 0 aliphatic rings. The lowest BCUT2D eigenvalue weighted by molar-refractivity contribution is 0.545. The maximum Gasteiger partial charge on any atom is 0.193 e. The summed E-state index contributed by atoms with van der Waals surface area (Å²) >= 11 is 1.63. The summed E-state index contributed by atoms with van der Waals surface area (Å²) in [5.74, 6) is 5.61. The Kier molecular flexibility index (Phi) is 3.06. The van der Waals surface area contributed by atoms with Crippen LogP contribution in [-0.4, -0.2) is 14.4 Å². The van der Waals surface area contributed by atoms with E-state index in [1.165, 1.54) is 0 Å². The van der Waals surface area contributed by atoms with Crippen LogP contribution in [0.2, 0.25) is 0 Å². The Hall–Kier alpha value is -1.76. The van der Waals surface area contributed by atoms with Gasteiger partial charge in [0.15, 0.2) is 4.96 Å². The van der Waals surface area contributed by atoms with E-state index in [1.807, 2.05) is 40.5 Å². The normalized spacial score (nSPS) is 12.9. The van der Waals surface area contributed by atoms with Gasteiger partial charge in [-0.1, -0.05) is 6.07 Å². The molecule has 1 atom stereocenters. The zero-order valence-corrected chi connectivity index (χ0v) is 10.5. The Morgan fingerprint density at radius 1 is 1.50 bits per heavy atom. The largest absolute Gasteiger partial charge is 0.297 e. The lowest BCUT2D eigenvalue weighted by Crippen LogP contribution is -2.29. The van der Waals surface area contributed by atoms with E-state index in [2.05, 4.69) is 15.4 Å². The van der Waals surface area contributed by atoms with Crippen molar-refractivity contribution in [3.05, 3.63) is 53.6 Å². The molecule has 0 aromatic carbocycles. The first kappa shape index (κ1) is 11.3. The smallest absolute Gasteiger partial charge is 0.193 e. The maximum atomic E-state index is 5.61. The highest BCUT2D eigenvalue weighted by molar-refractivity contribution is 7.15. The first-order valence-electron chi connectivity index (χ1n) is 5.64. The summed E-state index contributed by atoms with van der Waals surface area (Å²) in [5, 5.41) is 2.02. The molecule has 3 rings (SSSR count). The minimum absolute atomic E-state index is 0.0308. The van der Waals surface area contributed by atoms with Crippen LogP contribution in [-0.2, 0) is 6.42 Å². The molecule has 1 unspecified atom stereocenters. The van der Waals surface area contributed by atoms with E-state index in [-0.39, 0.29) is 6.04 Å². The van der Waals surface area contributed by atoms with Crippen molar-refractivity contribution < 1.29 is 0 Å². The highest BCUT2D eigenvalue weighted by Gasteiger charge is 2.13. The molecule has 0 aliphatic heterocycles. The lowest BCUT2D eigenvalue weighted by Gasteiger charge is -2.14. The zero-order valence-electron chi connectivity index (χ0n) is 9.65. The van der Waals surface area contributed by atoms with Crippen molar-refractivity contribution in [2.45, 2.75) is 12.5 Å². The number of hydrogen-bond acceptors (Lipinski definition) is 5. The third-order valence-corrected chi connectivity index (χ3v) is 3.62. The quantitative estimate of drug-likeness (QED) is 0.551. The van der Waals surface area contributed by atoms with E-state index in [4.69, 9.17) is 5.84 Å². The molecule has 0 saturated carbocycles. The van der Waals surface area contributed by atoms with E-state index in [0.717, 1.165) is 22.6 Å².